The molecule has 0 bridgehead atoms. The van der Waals surface area contributed by atoms with Crippen molar-refractivity contribution in [2.45, 2.75) is 32.6 Å². The largest absolute Gasteiger partial charge is 0.707 e. The van der Waals surface area contributed by atoms with Crippen LogP contribution in [0.4, 0.5) is 0 Å². The number of unbranched alkanes of at least 4 members (excludes halogenated alkanes) is 3. The summed E-state index contributed by atoms with van der Waals surface area (Å²) in [5.74, 6) is 1.07. The lowest BCUT2D eigenvalue weighted by Crippen LogP contribution is -2.20. The Hall–Kier alpha value is -1.24. The molecule has 112 valence electrons. The van der Waals surface area contributed by atoms with Gasteiger partial charge in [0, 0.05) is 6.61 Å². The Balaban J connectivity index is 2.07. The van der Waals surface area contributed by atoms with E-state index in [-0.39, 0.29) is 0 Å². The highest BCUT2D eigenvalue weighted by molar-refractivity contribution is 6.33. The lowest BCUT2D eigenvalue weighted by atomic mass is 10.2. The predicted octanol–water partition coefficient (Wildman–Crippen LogP) is 2.01. The van der Waals surface area contributed by atoms with Gasteiger partial charge in [-0.3, -0.25) is 0 Å². The van der Waals surface area contributed by atoms with Crippen molar-refractivity contribution in [3.8, 4) is 11.5 Å². The first-order valence-electron chi connectivity index (χ1n) is 7.05. The molecule has 20 heavy (non-hydrogen) atoms. The third kappa shape index (κ3) is 8.04. The fraction of sp³-hybridized carbons (Fsp3) is 0.571. The summed E-state index contributed by atoms with van der Waals surface area (Å²) >= 11 is 0. The molecule has 6 heteroatoms. The number of benzene rings is 1. The molecule has 1 rings (SSSR count). The first-order chi connectivity index (χ1) is 9.72. The smallest absolute Gasteiger partial charge is 0.512 e. The maximum absolute atomic E-state index is 8.64. The summed E-state index contributed by atoms with van der Waals surface area (Å²) in [6, 6.07) is 6.64. The topological polar surface area (TPSA) is 68.2 Å². The standard InChI is InChI=1S/C14H23BO5/c1-2-3-4-5-10-18-11-12-19-13-6-8-14(9-7-13)20-15(16)17/h6-9,16-17H,2-5,10-12H2,1H3. The summed E-state index contributed by atoms with van der Waals surface area (Å²) in [6.07, 6.45) is 4.81. The van der Waals surface area contributed by atoms with E-state index in [2.05, 4.69) is 11.6 Å². The minimum atomic E-state index is -1.80. The molecule has 0 aromatic heterocycles. The minimum absolute atomic E-state index is 0.375. The third-order valence-corrected chi connectivity index (χ3v) is 2.70. The van der Waals surface area contributed by atoms with E-state index in [0.717, 1.165) is 13.0 Å². The summed E-state index contributed by atoms with van der Waals surface area (Å²) in [4.78, 5) is 0. The quantitative estimate of drug-likeness (QED) is 0.480. The van der Waals surface area contributed by atoms with Gasteiger partial charge in [-0.05, 0) is 30.7 Å². The van der Waals surface area contributed by atoms with E-state index in [1.807, 2.05) is 0 Å². The van der Waals surface area contributed by atoms with Gasteiger partial charge in [-0.15, -0.1) is 0 Å². The molecule has 0 aliphatic heterocycles. The number of hydrogen-bond donors (Lipinski definition) is 2. The molecule has 0 heterocycles. The number of hydrogen-bond acceptors (Lipinski definition) is 5. The van der Waals surface area contributed by atoms with E-state index < -0.39 is 7.32 Å². The highest BCUT2D eigenvalue weighted by Gasteiger charge is 2.10. The van der Waals surface area contributed by atoms with Gasteiger partial charge in [0.25, 0.3) is 0 Å². The van der Waals surface area contributed by atoms with Gasteiger partial charge in [-0.2, -0.15) is 0 Å². The maximum Gasteiger partial charge on any atom is 0.707 e. The molecule has 0 aliphatic rings. The second kappa shape index (κ2) is 10.5. The van der Waals surface area contributed by atoms with Gasteiger partial charge in [0.1, 0.15) is 18.1 Å². The molecule has 0 radical (unpaired) electrons. The monoisotopic (exact) mass is 282 g/mol. The Labute approximate surface area is 120 Å². The fourth-order valence-electron chi connectivity index (χ4n) is 1.69. The van der Waals surface area contributed by atoms with Crippen molar-refractivity contribution >= 4 is 7.32 Å². The van der Waals surface area contributed by atoms with Crippen molar-refractivity contribution in [2.24, 2.45) is 0 Å². The molecule has 0 aliphatic carbocycles. The lowest BCUT2D eigenvalue weighted by Gasteiger charge is -2.08. The molecular weight excluding hydrogens is 259 g/mol. The average Bonchev–Trinajstić information content (AvgIpc) is 2.43. The lowest BCUT2D eigenvalue weighted by molar-refractivity contribution is 0.0971. The van der Waals surface area contributed by atoms with Gasteiger partial charge in [0.15, 0.2) is 0 Å². The van der Waals surface area contributed by atoms with Crippen molar-refractivity contribution in [1.29, 1.82) is 0 Å². The Kier molecular flexibility index (Phi) is 8.86. The van der Waals surface area contributed by atoms with Crippen molar-refractivity contribution in [3.63, 3.8) is 0 Å². The van der Waals surface area contributed by atoms with Gasteiger partial charge in [-0.25, -0.2) is 0 Å². The van der Waals surface area contributed by atoms with E-state index >= 15 is 0 Å². The molecule has 0 unspecified atom stereocenters. The zero-order valence-corrected chi connectivity index (χ0v) is 12.0. The molecule has 0 saturated heterocycles. The highest BCUT2D eigenvalue weighted by Crippen LogP contribution is 2.17. The summed E-state index contributed by atoms with van der Waals surface area (Å²) in [5, 5.41) is 17.3. The Bertz CT molecular complexity index is 342. The molecular formula is C14H23BO5. The van der Waals surface area contributed by atoms with Crippen LogP contribution in [0.5, 0.6) is 11.5 Å². The van der Waals surface area contributed by atoms with Crippen molar-refractivity contribution < 1.29 is 24.2 Å². The summed E-state index contributed by atoms with van der Waals surface area (Å²) < 4.78 is 15.6. The van der Waals surface area contributed by atoms with Crippen LogP contribution in [0.2, 0.25) is 0 Å². The second-order valence-corrected chi connectivity index (χ2v) is 4.44. The first-order valence-corrected chi connectivity index (χ1v) is 7.05. The van der Waals surface area contributed by atoms with Crippen LogP contribution >= 0.6 is 0 Å². The first kappa shape index (κ1) is 16.8. The van der Waals surface area contributed by atoms with Crippen LogP contribution in [0.15, 0.2) is 24.3 Å². The molecule has 1 aromatic carbocycles. The number of rotatable bonds is 11. The van der Waals surface area contributed by atoms with Crippen molar-refractivity contribution in [3.05, 3.63) is 24.3 Å². The zero-order valence-electron chi connectivity index (χ0n) is 12.0. The molecule has 1 aromatic rings. The Morgan fingerprint density at radius 3 is 2.25 bits per heavy atom. The molecule has 2 N–H and O–H groups in total. The molecule has 0 amide bonds. The highest BCUT2D eigenvalue weighted by atomic mass is 16.6. The van der Waals surface area contributed by atoms with Crippen LogP contribution in [-0.4, -0.2) is 37.2 Å². The van der Waals surface area contributed by atoms with E-state index in [1.54, 1.807) is 24.3 Å². The van der Waals surface area contributed by atoms with Crippen LogP contribution in [0.1, 0.15) is 32.6 Å². The van der Waals surface area contributed by atoms with E-state index in [9.17, 15) is 0 Å². The third-order valence-electron chi connectivity index (χ3n) is 2.70. The Morgan fingerprint density at radius 1 is 0.900 bits per heavy atom. The van der Waals surface area contributed by atoms with Crippen molar-refractivity contribution in [2.75, 3.05) is 19.8 Å². The molecule has 5 nitrogen and oxygen atoms in total. The van der Waals surface area contributed by atoms with Crippen LogP contribution in [0.3, 0.4) is 0 Å². The van der Waals surface area contributed by atoms with E-state index in [1.165, 1.54) is 19.3 Å². The van der Waals surface area contributed by atoms with Gasteiger partial charge >= 0.3 is 7.32 Å². The normalized spacial score (nSPS) is 10.3. The van der Waals surface area contributed by atoms with Gasteiger partial charge in [-0.1, -0.05) is 26.2 Å². The molecule has 0 saturated carbocycles. The van der Waals surface area contributed by atoms with Gasteiger partial charge < -0.3 is 24.2 Å². The second-order valence-electron chi connectivity index (χ2n) is 4.44. The van der Waals surface area contributed by atoms with Crippen LogP contribution in [0, 0.1) is 0 Å². The Morgan fingerprint density at radius 2 is 1.60 bits per heavy atom. The predicted molar refractivity (Wildman–Crippen MR) is 77.7 cm³/mol. The minimum Gasteiger partial charge on any atom is -0.512 e. The SMILES string of the molecule is CCCCCCOCCOc1ccc(OB(O)O)cc1. The van der Waals surface area contributed by atoms with Crippen molar-refractivity contribution in [1.82, 2.24) is 0 Å². The summed E-state index contributed by atoms with van der Waals surface area (Å²) in [5.41, 5.74) is 0. The average molecular weight is 282 g/mol. The maximum atomic E-state index is 8.64. The molecule has 0 atom stereocenters. The van der Waals surface area contributed by atoms with E-state index in [4.69, 9.17) is 19.5 Å². The summed E-state index contributed by atoms with van der Waals surface area (Å²) in [6.45, 7) is 4.03. The number of ether oxygens (including phenoxy) is 2. The molecule has 0 spiro atoms. The molecule has 0 fully saturated rings. The zero-order chi connectivity index (χ0) is 14.6. The van der Waals surface area contributed by atoms with Crippen LogP contribution < -0.4 is 9.39 Å². The van der Waals surface area contributed by atoms with Crippen LogP contribution in [-0.2, 0) is 4.74 Å². The summed E-state index contributed by atoms with van der Waals surface area (Å²) in [7, 11) is -1.80. The van der Waals surface area contributed by atoms with Gasteiger partial charge in [0.2, 0.25) is 0 Å². The van der Waals surface area contributed by atoms with E-state index in [0.29, 0.717) is 24.7 Å². The van der Waals surface area contributed by atoms with Gasteiger partial charge in [0.05, 0.1) is 6.61 Å². The van der Waals surface area contributed by atoms with Crippen LogP contribution in [0.25, 0.3) is 0 Å². The fourth-order valence-corrected chi connectivity index (χ4v) is 1.69.